The van der Waals surface area contributed by atoms with E-state index >= 15 is 0 Å². The third-order valence-corrected chi connectivity index (χ3v) is 1.95. The summed E-state index contributed by atoms with van der Waals surface area (Å²) >= 11 is 0. The molecule has 7 heteroatoms. The highest BCUT2D eigenvalue weighted by Gasteiger charge is 2.13. The van der Waals surface area contributed by atoms with Crippen molar-refractivity contribution in [1.29, 1.82) is 0 Å². The zero-order valence-electron chi connectivity index (χ0n) is 9.18. The number of hydrogen-bond acceptors (Lipinski definition) is 5. The number of anilines is 1. The summed E-state index contributed by atoms with van der Waals surface area (Å²) in [6.07, 6.45) is 0.103. The average Bonchev–Trinajstić information content (AvgIpc) is 2.27. The molecule has 0 amide bonds. The van der Waals surface area contributed by atoms with Crippen molar-refractivity contribution in [2.45, 2.75) is 6.10 Å². The van der Waals surface area contributed by atoms with Crippen LogP contribution in [0.25, 0.3) is 0 Å². The number of aliphatic hydroxyl groups excluding tert-OH is 1. The van der Waals surface area contributed by atoms with Gasteiger partial charge in [-0.25, -0.2) is 14.2 Å². The maximum absolute atomic E-state index is 12.8. The number of nitrogens with zero attached hydrogens (tertiary/aromatic N) is 1. The van der Waals surface area contributed by atoms with Gasteiger partial charge in [-0.2, -0.15) is 0 Å². The fraction of sp³-hybridized carbons (Fsp3) is 0.400. The van der Waals surface area contributed by atoms with Crippen LogP contribution < -0.4 is 5.32 Å². The Bertz CT molecular complexity index is 400. The number of carboxylic acid groups (broad SMARTS) is 1. The number of ether oxygens (including phenoxy) is 1. The van der Waals surface area contributed by atoms with Gasteiger partial charge >= 0.3 is 5.97 Å². The number of aromatic nitrogens is 1. The molecule has 94 valence electrons. The van der Waals surface area contributed by atoms with Crippen LogP contribution in [0, 0.1) is 5.82 Å². The highest BCUT2D eigenvalue weighted by molar-refractivity contribution is 5.93. The molecule has 17 heavy (non-hydrogen) atoms. The van der Waals surface area contributed by atoms with Crippen LogP contribution in [0.15, 0.2) is 12.3 Å². The zero-order chi connectivity index (χ0) is 12.8. The molecule has 1 unspecified atom stereocenters. The van der Waals surface area contributed by atoms with Crippen LogP contribution in [0.1, 0.15) is 10.4 Å². The summed E-state index contributed by atoms with van der Waals surface area (Å²) in [5.41, 5.74) is -0.283. The summed E-state index contributed by atoms with van der Waals surface area (Å²) in [5.74, 6) is -2.01. The number of pyridine rings is 1. The molecule has 1 heterocycles. The van der Waals surface area contributed by atoms with Crippen LogP contribution in [0.4, 0.5) is 10.2 Å². The number of carbonyl (C=O) groups is 1. The van der Waals surface area contributed by atoms with Crippen LogP contribution in [0.3, 0.4) is 0 Å². The highest BCUT2D eigenvalue weighted by atomic mass is 19.1. The van der Waals surface area contributed by atoms with Crippen molar-refractivity contribution in [2.75, 3.05) is 25.6 Å². The van der Waals surface area contributed by atoms with E-state index in [4.69, 9.17) is 9.84 Å². The smallest absolute Gasteiger partial charge is 0.339 e. The van der Waals surface area contributed by atoms with E-state index < -0.39 is 17.9 Å². The van der Waals surface area contributed by atoms with Gasteiger partial charge in [0.1, 0.15) is 17.2 Å². The fourth-order valence-corrected chi connectivity index (χ4v) is 1.21. The molecule has 3 N–H and O–H groups in total. The molecule has 1 aromatic rings. The second-order valence-corrected chi connectivity index (χ2v) is 3.34. The van der Waals surface area contributed by atoms with Gasteiger partial charge in [-0.15, -0.1) is 0 Å². The summed E-state index contributed by atoms with van der Waals surface area (Å²) in [4.78, 5) is 14.4. The molecule has 1 atom stereocenters. The predicted octanol–water partition coefficient (Wildman–Crippen LogP) is 0.338. The minimum atomic E-state index is -1.29. The molecule has 0 aromatic carbocycles. The van der Waals surface area contributed by atoms with Gasteiger partial charge in [-0.1, -0.05) is 0 Å². The largest absolute Gasteiger partial charge is 0.478 e. The zero-order valence-corrected chi connectivity index (χ0v) is 9.18. The lowest BCUT2D eigenvalue weighted by molar-refractivity contribution is 0.0692. The summed E-state index contributed by atoms with van der Waals surface area (Å²) in [6, 6.07) is 0.861. The van der Waals surface area contributed by atoms with Crippen molar-refractivity contribution < 1.29 is 24.1 Å². The Morgan fingerprint density at radius 3 is 3.00 bits per heavy atom. The van der Waals surface area contributed by atoms with E-state index in [0.29, 0.717) is 0 Å². The minimum absolute atomic E-state index is 0.00838. The fourth-order valence-electron chi connectivity index (χ4n) is 1.21. The summed E-state index contributed by atoms with van der Waals surface area (Å²) in [7, 11) is 1.43. The molecule has 6 nitrogen and oxygen atoms in total. The lowest BCUT2D eigenvalue weighted by Gasteiger charge is -2.12. The van der Waals surface area contributed by atoms with Crippen molar-refractivity contribution in [3.63, 3.8) is 0 Å². The van der Waals surface area contributed by atoms with E-state index in [0.717, 1.165) is 12.3 Å². The van der Waals surface area contributed by atoms with E-state index in [1.54, 1.807) is 0 Å². The number of rotatable bonds is 6. The van der Waals surface area contributed by atoms with E-state index in [2.05, 4.69) is 10.3 Å². The SMILES string of the molecule is COCC(O)CNc1ncc(F)cc1C(=O)O. The Morgan fingerprint density at radius 1 is 1.71 bits per heavy atom. The number of hydrogen-bond donors (Lipinski definition) is 3. The van der Waals surface area contributed by atoms with Gasteiger partial charge in [-0.3, -0.25) is 0 Å². The van der Waals surface area contributed by atoms with Crippen LogP contribution in [0.5, 0.6) is 0 Å². The summed E-state index contributed by atoms with van der Waals surface area (Å²) in [6.45, 7) is 0.170. The molecule has 0 radical (unpaired) electrons. The first-order valence-corrected chi connectivity index (χ1v) is 4.84. The molecule has 0 aliphatic carbocycles. The Kier molecular flexibility index (Phi) is 4.80. The third-order valence-electron chi connectivity index (χ3n) is 1.95. The molecule has 0 saturated heterocycles. The molecular weight excluding hydrogens is 231 g/mol. The Morgan fingerprint density at radius 2 is 2.41 bits per heavy atom. The topological polar surface area (TPSA) is 91.7 Å². The first-order chi connectivity index (χ1) is 8.04. The highest BCUT2D eigenvalue weighted by Crippen LogP contribution is 2.13. The number of carboxylic acids is 1. The van der Waals surface area contributed by atoms with E-state index in [1.165, 1.54) is 7.11 Å². The van der Waals surface area contributed by atoms with E-state index in [1.807, 2.05) is 0 Å². The molecule has 0 aliphatic rings. The monoisotopic (exact) mass is 244 g/mol. The van der Waals surface area contributed by atoms with Crippen molar-refractivity contribution in [2.24, 2.45) is 0 Å². The average molecular weight is 244 g/mol. The first kappa shape index (κ1) is 13.3. The number of nitrogens with one attached hydrogen (secondary N) is 1. The number of aromatic carboxylic acids is 1. The Hall–Kier alpha value is -1.73. The quantitative estimate of drug-likeness (QED) is 0.668. The second-order valence-electron chi connectivity index (χ2n) is 3.34. The van der Waals surface area contributed by atoms with Crippen LogP contribution >= 0.6 is 0 Å². The third kappa shape index (κ3) is 3.97. The molecular formula is C10H13FN2O4. The molecule has 0 aliphatic heterocycles. The molecule has 0 bridgehead atoms. The number of halogens is 1. The molecule has 1 aromatic heterocycles. The van der Waals surface area contributed by atoms with Crippen LogP contribution in [-0.2, 0) is 4.74 Å². The lowest BCUT2D eigenvalue weighted by Crippen LogP contribution is -2.25. The van der Waals surface area contributed by atoms with Gasteiger partial charge in [0.05, 0.1) is 18.9 Å². The number of methoxy groups -OCH3 is 1. The lowest BCUT2D eigenvalue weighted by atomic mass is 10.2. The van der Waals surface area contributed by atoms with Gasteiger partial charge in [0.15, 0.2) is 0 Å². The number of aliphatic hydroxyl groups is 1. The van der Waals surface area contributed by atoms with Crippen molar-refractivity contribution in [3.05, 3.63) is 23.6 Å². The van der Waals surface area contributed by atoms with Gasteiger partial charge in [0.25, 0.3) is 0 Å². The summed E-state index contributed by atoms with van der Waals surface area (Å²) < 4.78 is 17.5. The normalized spacial score (nSPS) is 12.2. The van der Waals surface area contributed by atoms with Crippen LogP contribution in [-0.4, -0.2) is 47.5 Å². The van der Waals surface area contributed by atoms with Gasteiger partial charge < -0.3 is 20.3 Å². The van der Waals surface area contributed by atoms with Gasteiger partial charge in [-0.05, 0) is 6.07 Å². The first-order valence-electron chi connectivity index (χ1n) is 4.84. The van der Waals surface area contributed by atoms with Crippen LogP contribution in [0.2, 0.25) is 0 Å². The standard InChI is InChI=1S/C10H13FN2O4/c1-17-5-7(14)4-13-9-8(10(15)16)2-6(11)3-12-9/h2-3,7,14H,4-5H2,1H3,(H,12,13)(H,15,16). The summed E-state index contributed by atoms with van der Waals surface area (Å²) in [5, 5.41) is 20.8. The Balaban J connectivity index is 2.73. The molecule has 0 fully saturated rings. The van der Waals surface area contributed by atoms with Crippen molar-refractivity contribution in [1.82, 2.24) is 4.98 Å². The molecule has 1 rings (SSSR count). The molecule has 0 spiro atoms. The van der Waals surface area contributed by atoms with Crippen molar-refractivity contribution >= 4 is 11.8 Å². The van der Waals surface area contributed by atoms with Gasteiger partial charge in [0.2, 0.25) is 0 Å². The Labute approximate surface area is 97.1 Å². The van der Waals surface area contributed by atoms with E-state index in [-0.39, 0.29) is 24.5 Å². The van der Waals surface area contributed by atoms with Crippen molar-refractivity contribution in [3.8, 4) is 0 Å². The maximum atomic E-state index is 12.8. The minimum Gasteiger partial charge on any atom is -0.478 e. The predicted molar refractivity (Wildman–Crippen MR) is 57.5 cm³/mol. The maximum Gasteiger partial charge on any atom is 0.339 e. The van der Waals surface area contributed by atoms with E-state index in [9.17, 15) is 14.3 Å². The second kappa shape index (κ2) is 6.12. The van der Waals surface area contributed by atoms with Gasteiger partial charge in [0, 0.05) is 13.7 Å². The molecule has 0 saturated carbocycles.